The number of piperidine rings is 1. The lowest BCUT2D eigenvalue weighted by Gasteiger charge is -2.35. The highest BCUT2D eigenvalue weighted by Crippen LogP contribution is 2.30. The number of hydrogen-bond acceptors (Lipinski definition) is 3. The first-order chi connectivity index (χ1) is 9.86. The second-order valence-electron chi connectivity index (χ2n) is 5.72. The zero-order valence-electron chi connectivity index (χ0n) is 12.5. The van der Waals surface area contributed by atoms with Crippen LogP contribution in [0.3, 0.4) is 0 Å². The maximum Gasteiger partial charge on any atom is 0.243 e. The van der Waals surface area contributed by atoms with Crippen molar-refractivity contribution in [3.63, 3.8) is 0 Å². The van der Waals surface area contributed by atoms with Crippen LogP contribution in [0.1, 0.15) is 18.9 Å². The van der Waals surface area contributed by atoms with Gasteiger partial charge in [0.15, 0.2) is 0 Å². The fourth-order valence-corrected chi connectivity index (χ4v) is 4.18. The predicted octanol–water partition coefficient (Wildman–Crippen LogP) is 2.40. The highest BCUT2D eigenvalue weighted by atomic mass is 32.2. The van der Waals surface area contributed by atoms with E-state index in [1.54, 1.807) is 24.3 Å². The Kier molecular flexibility index (Phi) is 4.64. The third kappa shape index (κ3) is 3.24. The SMILES string of the molecule is C=C(C)[C@@H]1CN(S(=O)(=O)c2ccc(C)cc2)CC[C@H]1C=O. The molecular weight excluding hydrogens is 286 g/mol. The Labute approximate surface area is 126 Å². The van der Waals surface area contributed by atoms with Gasteiger partial charge in [0, 0.05) is 24.9 Å². The van der Waals surface area contributed by atoms with E-state index in [2.05, 4.69) is 6.58 Å². The summed E-state index contributed by atoms with van der Waals surface area (Å²) in [5.41, 5.74) is 1.88. The van der Waals surface area contributed by atoms with E-state index in [0.29, 0.717) is 24.4 Å². The molecule has 5 heteroatoms. The second kappa shape index (κ2) is 6.12. The number of hydrogen-bond donors (Lipinski definition) is 0. The van der Waals surface area contributed by atoms with E-state index in [1.807, 2.05) is 13.8 Å². The number of rotatable bonds is 4. The molecule has 1 heterocycles. The molecular formula is C16H21NO3S. The Morgan fingerprint density at radius 3 is 2.48 bits per heavy atom. The summed E-state index contributed by atoms with van der Waals surface area (Å²) < 4.78 is 26.8. The van der Waals surface area contributed by atoms with E-state index < -0.39 is 10.0 Å². The third-order valence-electron chi connectivity index (χ3n) is 4.10. The van der Waals surface area contributed by atoms with Gasteiger partial charge in [-0.25, -0.2) is 8.42 Å². The van der Waals surface area contributed by atoms with Gasteiger partial charge in [0.2, 0.25) is 10.0 Å². The van der Waals surface area contributed by atoms with Crippen molar-refractivity contribution in [2.24, 2.45) is 11.8 Å². The van der Waals surface area contributed by atoms with Crippen LogP contribution in [0, 0.1) is 18.8 Å². The molecule has 114 valence electrons. The first-order valence-corrected chi connectivity index (χ1v) is 8.48. The molecule has 0 N–H and O–H groups in total. The summed E-state index contributed by atoms with van der Waals surface area (Å²) >= 11 is 0. The molecule has 0 saturated carbocycles. The van der Waals surface area contributed by atoms with Gasteiger partial charge in [0.05, 0.1) is 4.90 Å². The Bertz CT molecular complexity index is 634. The molecule has 2 rings (SSSR count). The highest BCUT2D eigenvalue weighted by Gasteiger charge is 2.35. The topological polar surface area (TPSA) is 54.5 Å². The molecule has 21 heavy (non-hydrogen) atoms. The fourth-order valence-electron chi connectivity index (χ4n) is 2.70. The summed E-state index contributed by atoms with van der Waals surface area (Å²) in [6.07, 6.45) is 1.47. The Balaban J connectivity index is 2.27. The number of aldehydes is 1. The summed E-state index contributed by atoms with van der Waals surface area (Å²) in [6.45, 7) is 8.37. The lowest BCUT2D eigenvalue weighted by molar-refractivity contribution is -0.113. The second-order valence-corrected chi connectivity index (χ2v) is 7.66. The van der Waals surface area contributed by atoms with E-state index in [-0.39, 0.29) is 11.8 Å². The van der Waals surface area contributed by atoms with E-state index >= 15 is 0 Å². The Morgan fingerprint density at radius 1 is 1.33 bits per heavy atom. The van der Waals surface area contributed by atoms with Gasteiger partial charge in [-0.15, -0.1) is 0 Å². The summed E-state index contributed by atoms with van der Waals surface area (Å²) in [4.78, 5) is 11.4. The summed E-state index contributed by atoms with van der Waals surface area (Å²) in [5.74, 6) is -0.233. The number of sulfonamides is 1. The monoisotopic (exact) mass is 307 g/mol. The molecule has 0 amide bonds. The van der Waals surface area contributed by atoms with Gasteiger partial charge in [-0.1, -0.05) is 29.8 Å². The van der Waals surface area contributed by atoms with Crippen molar-refractivity contribution in [1.82, 2.24) is 4.31 Å². The molecule has 1 aromatic rings. The van der Waals surface area contributed by atoms with Crippen LogP contribution in [0.4, 0.5) is 0 Å². The minimum Gasteiger partial charge on any atom is -0.303 e. The van der Waals surface area contributed by atoms with Gasteiger partial charge < -0.3 is 4.79 Å². The molecule has 2 atom stereocenters. The quantitative estimate of drug-likeness (QED) is 0.634. The summed E-state index contributed by atoms with van der Waals surface area (Å²) in [6, 6.07) is 6.85. The largest absolute Gasteiger partial charge is 0.303 e. The molecule has 0 radical (unpaired) electrons. The van der Waals surface area contributed by atoms with Gasteiger partial charge in [0.1, 0.15) is 6.29 Å². The molecule has 4 nitrogen and oxygen atoms in total. The Hall–Kier alpha value is -1.46. The molecule has 1 fully saturated rings. The van der Waals surface area contributed by atoms with E-state index in [0.717, 1.165) is 17.4 Å². The van der Waals surface area contributed by atoms with Gasteiger partial charge in [-0.3, -0.25) is 0 Å². The van der Waals surface area contributed by atoms with Crippen LogP contribution in [0.5, 0.6) is 0 Å². The lowest BCUT2D eigenvalue weighted by Crippen LogP contribution is -2.44. The summed E-state index contributed by atoms with van der Waals surface area (Å²) in [7, 11) is -3.50. The van der Waals surface area contributed by atoms with Crippen molar-refractivity contribution < 1.29 is 13.2 Å². The molecule has 0 unspecified atom stereocenters. The molecule has 0 aliphatic carbocycles. The number of nitrogens with zero attached hydrogens (tertiary/aromatic N) is 1. The first kappa shape index (κ1) is 15.9. The van der Waals surface area contributed by atoms with Crippen LogP contribution >= 0.6 is 0 Å². The van der Waals surface area contributed by atoms with Crippen molar-refractivity contribution in [2.75, 3.05) is 13.1 Å². The lowest BCUT2D eigenvalue weighted by atomic mass is 9.83. The van der Waals surface area contributed by atoms with E-state index in [4.69, 9.17) is 0 Å². The van der Waals surface area contributed by atoms with Crippen LogP contribution < -0.4 is 0 Å². The fraction of sp³-hybridized carbons (Fsp3) is 0.438. The molecule has 0 bridgehead atoms. The average Bonchev–Trinajstić information content (AvgIpc) is 2.46. The van der Waals surface area contributed by atoms with Crippen molar-refractivity contribution in [2.45, 2.75) is 25.2 Å². The zero-order chi connectivity index (χ0) is 15.6. The molecule has 1 saturated heterocycles. The van der Waals surface area contributed by atoms with Crippen molar-refractivity contribution in [3.05, 3.63) is 42.0 Å². The summed E-state index contributed by atoms with van der Waals surface area (Å²) in [5, 5.41) is 0. The predicted molar refractivity (Wildman–Crippen MR) is 82.4 cm³/mol. The highest BCUT2D eigenvalue weighted by molar-refractivity contribution is 7.89. The minimum absolute atomic E-state index is 0.100. The van der Waals surface area contributed by atoms with Gasteiger partial charge in [0.25, 0.3) is 0 Å². The first-order valence-electron chi connectivity index (χ1n) is 7.03. The molecule has 0 aromatic heterocycles. The zero-order valence-corrected chi connectivity index (χ0v) is 13.3. The molecule has 1 aromatic carbocycles. The molecule has 1 aliphatic heterocycles. The standard InChI is InChI=1S/C16H21NO3S/c1-12(2)16-10-17(9-8-14(16)11-18)21(19,20)15-6-4-13(3)5-7-15/h4-7,11,14,16H,1,8-10H2,2-3H3/t14-,16-/m0/s1. The molecule has 1 aliphatic rings. The van der Waals surface area contributed by atoms with Crippen LogP contribution in [-0.4, -0.2) is 32.1 Å². The van der Waals surface area contributed by atoms with E-state index in [1.165, 1.54) is 4.31 Å². The van der Waals surface area contributed by atoms with Gasteiger partial charge >= 0.3 is 0 Å². The van der Waals surface area contributed by atoms with Crippen LogP contribution in [0.2, 0.25) is 0 Å². The van der Waals surface area contributed by atoms with Gasteiger partial charge in [-0.05, 0) is 32.4 Å². The maximum atomic E-state index is 12.7. The van der Waals surface area contributed by atoms with E-state index in [9.17, 15) is 13.2 Å². The number of carbonyl (C=O) groups excluding carboxylic acids is 1. The normalized spacial score (nSPS) is 23.7. The molecule has 0 spiro atoms. The third-order valence-corrected chi connectivity index (χ3v) is 5.97. The number of carbonyl (C=O) groups is 1. The Morgan fingerprint density at radius 2 is 1.95 bits per heavy atom. The smallest absolute Gasteiger partial charge is 0.243 e. The number of aryl methyl sites for hydroxylation is 1. The minimum atomic E-state index is -3.50. The van der Waals surface area contributed by atoms with Crippen molar-refractivity contribution in [1.29, 1.82) is 0 Å². The maximum absolute atomic E-state index is 12.7. The van der Waals surface area contributed by atoms with Crippen LogP contribution in [0.15, 0.2) is 41.3 Å². The average molecular weight is 307 g/mol. The van der Waals surface area contributed by atoms with Crippen molar-refractivity contribution >= 4 is 16.3 Å². The van der Waals surface area contributed by atoms with Gasteiger partial charge in [-0.2, -0.15) is 4.31 Å². The van der Waals surface area contributed by atoms with Crippen LogP contribution in [-0.2, 0) is 14.8 Å². The number of benzene rings is 1. The van der Waals surface area contributed by atoms with Crippen LogP contribution in [0.25, 0.3) is 0 Å². The van der Waals surface area contributed by atoms with Crippen molar-refractivity contribution in [3.8, 4) is 0 Å².